The van der Waals surface area contributed by atoms with Crippen molar-refractivity contribution in [2.45, 2.75) is 33.1 Å². The zero-order valence-electron chi connectivity index (χ0n) is 15.7. The molecule has 0 aliphatic carbocycles. The number of carboxylic acid groups (broad SMARTS) is 1. The number of carbonyl (C=O) groups excluding carboxylic acids is 1. The molecule has 0 saturated heterocycles. The van der Waals surface area contributed by atoms with E-state index in [9.17, 15) is 9.59 Å². The lowest BCUT2D eigenvalue weighted by atomic mass is 10.1. The molecule has 0 aliphatic rings. The maximum absolute atomic E-state index is 12.7. The number of hydrogen-bond donors (Lipinski definition) is 2. The highest BCUT2D eigenvalue weighted by molar-refractivity contribution is 6.05. The highest BCUT2D eigenvalue weighted by Gasteiger charge is 2.12. The van der Waals surface area contributed by atoms with Gasteiger partial charge in [0.25, 0.3) is 5.91 Å². The topological polar surface area (TPSA) is 84.9 Å². The summed E-state index contributed by atoms with van der Waals surface area (Å²) in [6, 6.07) is 12.3. The number of carboxylic acids is 1. The van der Waals surface area contributed by atoms with Gasteiger partial charge in [-0.05, 0) is 55.7 Å². The van der Waals surface area contributed by atoms with Gasteiger partial charge in [0.2, 0.25) is 0 Å². The van der Waals surface area contributed by atoms with Gasteiger partial charge < -0.3 is 19.9 Å². The Labute approximate surface area is 159 Å². The van der Waals surface area contributed by atoms with Gasteiger partial charge in [0.15, 0.2) is 0 Å². The molecule has 2 aromatic carbocycles. The van der Waals surface area contributed by atoms with E-state index in [1.807, 2.05) is 19.9 Å². The van der Waals surface area contributed by atoms with Crippen LogP contribution in [0.1, 0.15) is 42.6 Å². The van der Waals surface area contributed by atoms with Crippen molar-refractivity contribution in [3.63, 3.8) is 0 Å². The molecular formula is C21H25NO5. The van der Waals surface area contributed by atoms with E-state index in [1.54, 1.807) is 36.4 Å². The highest BCUT2D eigenvalue weighted by atomic mass is 16.5. The van der Waals surface area contributed by atoms with Crippen LogP contribution in [0.2, 0.25) is 0 Å². The zero-order valence-corrected chi connectivity index (χ0v) is 15.7. The van der Waals surface area contributed by atoms with Crippen LogP contribution < -0.4 is 14.8 Å². The summed E-state index contributed by atoms with van der Waals surface area (Å²) in [5, 5.41) is 11.7. The first kappa shape index (κ1) is 20.3. The summed E-state index contributed by atoms with van der Waals surface area (Å²) >= 11 is 0. The van der Waals surface area contributed by atoms with Crippen molar-refractivity contribution in [2.24, 2.45) is 0 Å². The van der Waals surface area contributed by atoms with Crippen LogP contribution in [0.5, 0.6) is 11.5 Å². The third-order valence-corrected chi connectivity index (χ3v) is 3.79. The van der Waals surface area contributed by atoms with Crippen LogP contribution in [0.3, 0.4) is 0 Å². The minimum atomic E-state index is -0.861. The minimum absolute atomic E-state index is 0.0267. The fourth-order valence-electron chi connectivity index (χ4n) is 2.51. The molecular weight excluding hydrogens is 346 g/mol. The summed E-state index contributed by atoms with van der Waals surface area (Å²) in [6.07, 6.45) is 1.25. The van der Waals surface area contributed by atoms with E-state index in [0.717, 1.165) is 12.0 Å². The van der Waals surface area contributed by atoms with Gasteiger partial charge in [-0.3, -0.25) is 9.59 Å². The Morgan fingerprint density at radius 2 is 1.89 bits per heavy atom. The molecule has 1 amide bonds. The van der Waals surface area contributed by atoms with E-state index in [1.165, 1.54) is 0 Å². The largest absolute Gasteiger partial charge is 0.494 e. The zero-order chi connectivity index (χ0) is 19.6. The molecule has 0 spiro atoms. The summed E-state index contributed by atoms with van der Waals surface area (Å²) in [5.74, 6) is 0.0426. The summed E-state index contributed by atoms with van der Waals surface area (Å²) in [5.41, 5.74) is 1.82. The van der Waals surface area contributed by atoms with Crippen LogP contribution in [0, 0.1) is 0 Å². The van der Waals surface area contributed by atoms with Crippen molar-refractivity contribution in [1.82, 2.24) is 0 Å². The van der Waals surface area contributed by atoms with Crippen LogP contribution in [0.25, 0.3) is 0 Å². The number of aryl methyl sites for hydroxylation is 1. The first-order chi connectivity index (χ1) is 13.0. The average molecular weight is 371 g/mol. The number of rotatable bonds is 10. The van der Waals surface area contributed by atoms with Crippen LogP contribution in [0.4, 0.5) is 5.69 Å². The van der Waals surface area contributed by atoms with Crippen molar-refractivity contribution in [3.8, 4) is 11.5 Å². The molecule has 0 bridgehead atoms. The van der Waals surface area contributed by atoms with E-state index in [2.05, 4.69) is 5.32 Å². The van der Waals surface area contributed by atoms with Crippen molar-refractivity contribution in [1.29, 1.82) is 0 Å². The number of aliphatic carboxylic acids is 1. The van der Waals surface area contributed by atoms with Crippen molar-refractivity contribution in [3.05, 3.63) is 53.6 Å². The Morgan fingerprint density at radius 1 is 1.07 bits per heavy atom. The molecule has 2 N–H and O–H groups in total. The summed E-state index contributed by atoms with van der Waals surface area (Å²) in [6.45, 7) is 4.92. The number of hydrogen-bond acceptors (Lipinski definition) is 4. The van der Waals surface area contributed by atoms with E-state index in [-0.39, 0.29) is 12.3 Å². The van der Waals surface area contributed by atoms with Gasteiger partial charge in [-0.15, -0.1) is 0 Å². The molecule has 0 aromatic heterocycles. The molecule has 6 nitrogen and oxygen atoms in total. The average Bonchev–Trinajstić information content (AvgIpc) is 2.66. The number of amides is 1. The smallest absolute Gasteiger partial charge is 0.303 e. The van der Waals surface area contributed by atoms with Gasteiger partial charge in [0, 0.05) is 12.0 Å². The van der Waals surface area contributed by atoms with Crippen LogP contribution in [-0.2, 0) is 11.2 Å². The summed E-state index contributed by atoms with van der Waals surface area (Å²) in [7, 11) is 0. The van der Waals surface area contributed by atoms with Gasteiger partial charge in [0.05, 0.1) is 18.9 Å². The Bertz CT molecular complexity index is 788. The Hall–Kier alpha value is -3.02. The predicted octanol–water partition coefficient (Wildman–Crippen LogP) is 4.14. The standard InChI is InChI=1S/C21H25NO5/c1-3-12-27-19-10-8-15(9-11-20(23)24)13-18(19)22-21(25)16-6-5-7-17(14-16)26-4-2/h5-8,10,13-14H,3-4,9,11-12H2,1-2H3,(H,22,25)(H,23,24). The maximum atomic E-state index is 12.7. The van der Waals surface area contributed by atoms with Crippen molar-refractivity contribution >= 4 is 17.6 Å². The lowest BCUT2D eigenvalue weighted by Crippen LogP contribution is -2.13. The third kappa shape index (κ3) is 6.33. The maximum Gasteiger partial charge on any atom is 0.303 e. The molecule has 0 radical (unpaired) electrons. The quantitative estimate of drug-likeness (QED) is 0.655. The number of ether oxygens (including phenoxy) is 2. The molecule has 0 fully saturated rings. The second-order valence-corrected chi connectivity index (χ2v) is 5.99. The fourth-order valence-corrected chi connectivity index (χ4v) is 2.51. The number of nitrogens with one attached hydrogen (secondary N) is 1. The van der Waals surface area contributed by atoms with Gasteiger partial charge in [-0.1, -0.05) is 19.1 Å². The van der Waals surface area contributed by atoms with E-state index in [0.29, 0.717) is 42.4 Å². The second kappa shape index (κ2) is 10.2. The van der Waals surface area contributed by atoms with E-state index in [4.69, 9.17) is 14.6 Å². The first-order valence-corrected chi connectivity index (χ1v) is 9.05. The van der Waals surface area contributed by atoms with Gasteiger partial charge in [0.1, 0.15) is 11.5 Å². The van der Waals surface area contributed by atoms with Crippen LogP contribution in [0.15, 0.2) is 42.5 Å². The van der Waals surface area contributed by atoms with Crippen LogP contribution in [-0.4, -0.2) is 30.2 Å². The molecule has 144 valence electrons. The summed E-state index contributed by atoms with van der Waals surface area (Å²) < 4.78 is 11.1. The van der Waals surface area contributed by atoms with Crippen molar-refractivity contribution in [2.75, 3.05) is 18.5 Å². The molecule has 0 aliphatic heterocycles. The van der Waals surface area contributed by atoms with E-state index < -0.39 is 5.97 Å². The molecule has 6 heteroatoms. The molecule has 0 unspecified atom stereocenters. The predicted molar refractivity (Wildman–Crippen MR) is 104 cm³/mol. The Morgan fingerprint density at radius 3 is 2.59 bits per heavy atom. The summed E-state index contributed by atoms with van der Waals surface area (Å²) in [4.78, 5) is 23.5. The Kier molecular flexibility index (Phi) is 7.67. The Balaban J connectivity index is 2.22. The second-order valence-electron chi connectivity index (χ2n) is 5.99. The van der Waals surface area contributed by atoms with Crippen LogP contribution >= 0.6 is 0 Å². The molecule has 0 saturated carbocycles. The van der Waals surface area contributed by atoms with Gasteiger partial charge in [-0.25, -0.2) is 0 Å². The molecule has 2 aromatic rings. The number of carbonyl (C=O) groups is 2. The normalized spacial score (nSPS) is 10.3. The third-order valence-electron chi connectivity index (χ3n) is 3.79. The minimum Gasteiger partial charge on any atom is -0.494 e. The van der Waals surface area contributed by atoms with Gasteiger partial charge in [-0.2, -0.15) is 0 Å². The highest BCUT2D eigenvalue weighted by Crippen LogP contribution is 2.27. The lowest BCUT2D eigenvalue weighted by molar-refractivity contribution is -0.136. The van der Waals surface area contributed by atoms with E-state index >= 15 is 0 Å². The van der Waals surface area contributed by atoms with Crippen molar-refractivity contribution < 1.29 is 24.2 Å². The van der Waals surface area contributed by atoms with Gasteiger partial charge >= 0.3 is 5.97 Å². The number of anilines is 1. The molecule has 27 heavy (non-hydrogen) atoms. The molecule has 2 rings (SSSR count). The molecule has 0 heterocycles. The lowest BCUT2D eigenvalue weighted by Gasteiger charge is -2.14. The first-order valence-electron chi connectivity index (χ1n) is 9.05. The SMILES string of the molecule is CCCOc1ccc(CCC(=O)O)cc1NC(=O)c1cccc(OCC)c1. The molecule has 0 atom stereocenters. The fraction of sp³-hybridized carbons (Fsp3) is 0.333. The number of benzene rings is 2. The monoisotopic (exact) mass is 371 g/mol.